The zero-order chi connectivity index (χ0) is 14.5. The summed E-state index contributed by atoms with van der Waals surface area (Å²) in [6.45, 7) is 6.82. The number of unbranched alkanes of at least 4 members (excludes halogenated alkanes) is 3. The molecule has 0 aromatic carbocycles. The second-order valence-electron chi connectivity index (χ2n) is 5.30. The van der Waals surface area contributed by atoms with Gasteiger partial charge >= 0.3 is 0 Å². The van der Waals surface area contributed by atoms with Gasteiger partial charge in [0.05, 0.1) is 5.69 Å². The highest BCUT2D eigenvalue weighted by molar-refractivity contribution is 5.94. The minimum atomic E-state index is -0.0305. The molecular weight excluding hydrogens is 250 g/mol. The van der Waals surface area contributed by atoms with Crippen LogP contribution in [0.5, 0.6) is 0 Å². The van der Waals surface area contributed by atoms with E-state index in [2.05, 4.69) is 17.2 Å². The Labute approximate surface area is 120 Å². The van der Waals surface area contributed by atoms with Gasteiger partial charge in [-0.15, -0.1) is 0 Å². The largest absolute Gasteiger partial charge is 0.351 e. The Kier molecular flexibility index (Phi) is 4.77. The first-order valence-corrected chi connectivity index (χ1v) is 7.37. The summed E-state index contributed by atoms with van der Waals surface area (Å²) in [6, 6.07) is 3.95. The van der Waals surface area contributed by atoms with Crippen molar-refractivity contribution in [3.05, 3.63) is 35.3 Å². The minimum absolute atomic E-state index is 0.0305. The molecule has 0 unspecified atom stereocenters. The van der Waals surface area contributed by atoms with Gasteiger partial charge in [0.25, 0.3) is 5.91 Å². The monoisotopic (exact) mass is 273 g/mol. The summed E-state index contributed by atoms with van der Waals surface area (Å²) < 4.78 is 1.88. The Balaban J connectivity index is 2.09. The molecule has 108 valence electrons. The molecule has 0 saturated carbocycles. The summed E-state index contributed by atoms with van der Waals surface area (Å²) in [5.74, 6) is -0.0305. The third-order valence-electron chi connectivity index (χ3n) is 3.47. The molecule has 0 radical (unpaired) electrons. The smallest absolute Gasteiger partial charge is 0.270 e. The molecule has 2 heterocycles. The first-order chi connectivity index (χ1) is 9.63. The van der Waals surface area contributed by atoms with Crippen molar-refractivity contribution in [2.24, 2.45) is 0 Å². The summed E-state index contributed by atoms with van der Waals surface area (Å²) in [4.78, 5) is 16.7. The number of carbonyl (C=O) groups excluding carboxylic acids is 1. The van der Waals surface area contributed by atoms with E-state index in [9.17, 15) is 4.79 Å². The first-order valence-electron chi connectivity index (χ1n) is 7.37. The molecule has 0 bridgehead atoms. The zero-order valence-corrected chi connectivity index (χ0v) is 12.6. The molecule has 2 aromatic heterocycles. The van der Waals surface area contributed by atoms with Crippen molar-refractivity contribution >= 4 is 11.6 Å². The number of nitrogens with zero attached hydrogens (tertiary/aromatic N) is 2. The predicted octanol–water partition coefficient (Wildman–Crippen LogP) is 3.26. The molecule has 0 fully saturated rings. The van der Waals surface area contributed by atoms with E-state index >= 15 is 0 Å². The number of nitrogens with one attached hydrogen (secondary N) is 1. The highest BCUT2D eigenvalue weighted by Gasteiger charge is 2.15. The maximum Gasteiger partial charge on any atom is 0.270 e. The summed E-state index contributed by atoms with van der Waals surface area (Å²) in [7, 11) is 0. The Bertz CT molecular complexity index is 601. The molecular formula is C16H23N3O. The van der Waals surface area contributed by atoms with E-state index in [0.717, 1.165) is 29.9 Å². The van der Waals surface area contributed by atoms with Gasteiger partial charge in [-0.25, -0.2) is 4.98 Å². The molecule has 2 aromatic rings. The van der Waals surface area contributed by atoms with Crippen LogP contribution in [0.4, 0.5) is 0 Å². The maximum absolute atomic E-state index is 12.3. The quantitative estimate of drug-likeness (QED) is 0.821. The summed E-state index contributed by atoms with van der Waals surface area (Å²) in [6.07, 6.45) is 6.60. The average Bonchev–Trinajstić information content (AvgIpc) is 2.73. The Hall–Kier alpha value is -1.84. The van der Waals surface area contributed by atoms with E-state index in [1.165, 1.54) is 19.3 Å². The fourth-order valence-corrected chi connectivity index (χ4v) is 2.38. The number of hydrogen-bond acceptors (Lipinski definition) is 2. The van der Waals surface area contributed by atoms with Crippen molar-refractivity contribution in [2.45, 2.75) is 46.5 Å². The van der Waals surface area contributed by atoms with Crippen molar-refractivity contribution in [1.82, 2.24) is 14.7 Å². The second-order valence-corrected chi connectivity index (χ2v) is 5.30. The van der Waals surface area contributed by atoms with Crippen LogP contribution < -0.4 is 5.32 Å². The number of imidazole rings is 1. The molecule has 0 aliphatic carbocycles. The van der Waals surface area contributed by atoms with Gasteiger partial charge in [-0.2, -0.15) is 0 Å². The molecule has 1 N–H and O–H groups in total. The fraction of sp³-hybridized carbons (Fsp3) is 0.500. The van der Waals surface area contributed by atoms with Crippen LogP contribution in [0.25, 0.3) is 5.65 Å². The van der Waals surface area contributed by atoms with E-state index in [1.807, 2.05) is 36.6 Å². The lowest BCUT2D eigenvalue weighted by atomic mass is 10.2. The van der Waals surface area contributed by atoms with Crippen molar-refractivity contribution in [3.63, 3.8) is 0 Å². The number of aryl methyl sites for hydroxylation is 2. The van der Waals surface area contributed by atoms with Gasteiger partial charge in [0.2, 0.25) is 0 Å². The molecule has 0 aliphatic rings. The van der Waals surface area contributed by atoms with Crippen molar-refractivity contribution in [3.8, 4) is 0 Å². The van der Waals surface area contributed by atoms with Crippen LogP contribution in [0.1, 0.15) is 54.4 Å². The average molecular weight is 273 g/mol. The van der Waals surface area contributed by atoms with E-state index in [-0.39, 0.29) is 5.91 Å². The molecule has 0 saturated heterocycles. The first kappa shape index (κ1) is 14.6. The topological polar surface area (TPSA) is 46.4 Å². The number of hydrogen-bond donors (Lipinski definition) is 1. The third kappa shape index (κ3) is 3.18. The SMILES string of the molecule is CCCCCCNC(=O)c1c(C)nc2ccc(C)cn12. The number of carbonyl (C=O) groups is 1. The van der Waals surface area contributed by atoms with Crippen molar-refractivity contribution in [1.29, 1.82) is 0 Å². The molecule has 1 amide bonds. The number of aromatic nitrogens is 2. The highest BCUT2D eigenvalue weighted by Crippen LogP contribution is 2.13. The lowest BCUT2D eigenvalue weighted by molar-refractivity contribution is 0.0946. The van der Waals surface area contributed by atoms with Crippen LogP contribution in [0.3, 0.4) is 0 Å². The Morgan fingerprint density at radius 1 is 1.25 bits per heavy atom. The van der Waals surface area contributed by atoms with E-state index in [1.54, 1.807) is 0 Å². The molecule has 0 atom stereocenters. The van der Waals surface area contributed by atoms with E-state index in [4.69, 9.17) is 0 Å². The summed E-state index contributed by atoms with van der Waals surface area (Å²) in [5, 5.41) is 3.00. The predicted molar refractivity (Wildman–Crippen MR) is 81.1 cm³/mol. The third-order valence-corrected chi connectivity index (χ3v) is 3.47. The van der Waals surface area contributed by atoms with Crippen LogP contribution >= 0.6 is 0 Å². The van der Waals surface area contributed by atoms with Gasteiger partial charge in [-0.3, -0.25) is 9.20 Å². The van der Waals surface area contributed by atoms with Gasteiger partial charge < -0.3 is 5.32 Å². The number of pyridine rings is 1. The van der Waals surface area contributed by atoms with Crippen molar-refractivity contribution in [2.75, 3.05) is 6.54 Å². The summed E-state index contributed by atoms with van der Waals surface area (Å²) in [5.41, 5.74) is 3.37. The number of amides is 1. The van der Waals surface area contributed by atoms with Crippen LogP contribution in [0.2, 0.25) is 0 Å². The van der Waals surface area contributed by atoms with Crippen LogP contribution in [-0.2, 0) is 0 Å². The van der Waals surface area contributed by atoms with Gasteiger partial charge in [0.1, 0.15) is 11.3 Å². The Morgan fingerprint density at radius 2 is 2.05 bits per heavy atom. The standard InChI is InChI=1S/C16H23N3O/c1-4-5-6-7-10-17-16(20)15-13(3)18-14-9-8-12(2)11-19(14)15/h8-9,11H,4-7,10H2,1-3H3,(H,17,20). The number of rotatable bonds is 6. The fourth-order valence-electron chi connectivity index (χ4n) is 2.38. The highest BCUT2D eigenvalue weighted by atomic mass is 16.1. The molecule has 0 spiro atoms. The number of fused-ring (bicyclic) bond motifs is 1. The van der Waals surface area contributed by atoms with E-state index in [0.29, 0.717) is 5.69 Å². The molecule has 0 aliphatic heterocycles. The van der Waals surface area contributed by atoms with Crippen LogP contribution in [-0.4, -0.2) is 21.8 Å². The molecule has 20 heavy (non-hydrogen) atoms. The van der Waals surface area contributed by atoms with Crippen LogP contribution in [0.15, 0.2) is 18.3 Å². The maximum atomic E-state index is 12.3. The normalized spacial score (nSPS) is 10.9. The van der Waals surface area contributed by atoms with Crippen LogP contribution in [0, 0.1) is 13.8 Å². The lowest BCUT2D eigenvalue weighted by Crippen LogP contribution is -2.26. The van der Waals surface area contributed by atoms with Gasteiger partial charge in [0.15, 0.2) is 0 Å². The van der Waals surface area contributed by atoms with Gasteiger partial charge in [-0.1, -0.05) is 32.3 Å². The van der Waals surface area contributed by atoms with Gasteiger partial charge in [-0.05, 0) is 31.9 Å². The van der Waals surface area contributed by atoms with Crippen molar-refractivity contribution < 1.29 is 4.79 Å². The minimum Gasteiger partial charge on any atom is -0.351 e. The molecule has 2 rings (SSSR count). The van der Waals surface area contributed by atoms with Gasteiger partial charge in [0, 0.05) is 12.7 Å². The summed E-state index contributed by atoms with van der Waals surface area (Å²) >= 11 is 0. The molecule has 4 nitrogen and oxygen atoms in total. The molecule has 4 heteroatoms. The lowest BCUT2D eigenvalue weighted by Gasteiger charge is -2.06. The Morgan fingerprint density at radius 3 is 2.80 bits per heavy atom. The zero-order valence-electron chi connectivity index (χ0n) is 12.6. The van der Waals surface area contributed by atoms with E-state index < -0.39 is 0 Å². The second kappa shape index (κ2) is 6.55.